The van der Waals surface area contributed by atoms with Crippen molar-refractivity contribution in [1.82, 2.24) is 15.1 Å². The van der Waals surface area contributed by atoms with Crippen LogP contribution in [0.4, 0.5) is 0 Å². The van der Waals surface area contributed by atoms with Gasteiger partial charge in [0.25, 0.3) is 0 Å². The van der Waals surface area contributed by atoms with Gasteiger partial charge in [-0.15, -0.1) is 0 Å². The molecule has 1 saturated carbocycles. The van der Waals surface area contributed by atoms with E-state index < -0.39 is 8.07 Å². The summed E-state index contributed by atoms with van der Waals surface area (Å²) in [6, 6.07) is 14.7. The first kappa shape index (κ1) is 25.6. The number of rotatable bonds is 10. The molecule has 2 aromatic rings. The number of hydrogen-bond donors (Lipinski definition) is 1. The Kier molecular flexibility index (Phi) is 9.02. The van der Waals surface area contributed by atoms with Crippen LogP contribution in [0.25, 0.3) is 0 Å². The Morgan fingerprint density at radius 2 is 1.82 bits per heavy atom. The molecule has 2 aliphatic rings. The summed E-state index contributed by atoms with van der Waals surface area (Å²) < 4.78 is 14.6. The van der Waals surface area contributed by atoms with Crippen LogP contribution in [0, 0.1) is 5.92 Å². The molecule has 1 aliphatic carbocycles. The van der Waals surface area contributed by atoms with Crippen molar-refractivity contribution in [2.24, 2.45) is 5.92 Å². The molecule has 1 aromatic heterocycles. The molecule has 4 rings (SSSR count). The van der Waals surface area contributed by atoms with E-state index in [0.717, 1.165) is 32.6 Å². The first-order valence-corrected chi connectivity index (χ1v) is 17.1. The third-order valence-electron chi connectivity index (χ3n) is 7.67. The van der Waals surface area contributed by atoms with Gasteiger partial charge in [0.2, 0.25) is 0 Å². The first-order chi connectivity index (χ1) is 16.4. The van der Waals surface area contributed by atoms with E-state index in [1.165, 1.54) is 36.6 Å². The molecule has 0 radical (unpaired) electrons. The van der Waals surface area contributed by atoms with Crippen LogP contribution in [0.1, 0.15) is 62.1 Å². The predicted molar refractivity (Wildman–Crippen MR) is 142 cm³/mol. The maximum Gasteiger partial charge on any atom is 0.139 e. The number of aromatic nitrogens is 2. The number of benzene rings is 1. The molecule has 1 N–H and O–H groups in total. The summed E-state index contributed by atoms with van der Waals surface area (Å²) in [7, 11) is -1.08. The van der Waals surface area contributed by atoms with Gasteiger partial charge in [-0.1, -0.05) is 56.9 Å². The van der Waals surface area contributed by atoms with E-state index in [9.17, 15) is 0 Å². The van der Waals surface area contributed by atoms with Crippen molar-refractivity contribution in [1.29, 1.82) is 0 Å². The monoisotopic (exact) mass is 483 g/mol. The van der Waals surface area contributed by atoms with Crippen molar-refractivity contribution in [2.45, 2.75) is 95.4 Å². The van der Waals surface area contributed by atoms with Gasteiger partial charge in [-0.2, -0.15) is 5.10 Å². The molecular weight excluding hydrogens is 438 g/mol. The second-order valence-corrected chi connectivity index (χ2v) is 17.4. The van der Waals surface area contributed by atoms with Crippen molar-refractivity contribution in [2.75, 3.05) is 19.8 Å². The van der Waals surface area contributed by atoms with Gasteiger partial charge in [-0.3, -0.25) is 0 Å². The molecule has 0 bridgehead atoms. The Balaban J connectivity index is 1.30. The fraction of sp³-hybridized carbons (Fsp3) is 0.679. The fourth-order valence-corrected chi connectivity index (χ4v) is 6.26. The highest BCUT2D eigenvalue weighted by Gasteiger charge is 2.33. The summed E-state index contributed by atoms with van der Waals surface area (Å²) in [6.07, 6.45) is 8.27. The molecule has 0 unspecified atom stereocenters. The van der Waals surface area contributed by atoms with Gasteiger partial charge in [0, 0.05) is 38.5 Å². The molecule has 2 fully saturated rings. The Bertz CT molecular complexity index is 858. The van der Waals surface area contributed by atoms with Crippen LogP contribution >= 0.6 is 0 Å². The average Bonchev–Trinajstić information content (AvgIpc) is 3.30. The topological polar surface area (TPSA) is 48.3 Å². The number of piperidine rings is 1. The minimum Gasteiger partial charge on any atom is -0.377 e. The zero-order valence-electron chi connectivity index (χ0n) is 21.7. The van der Waals surface area contributed by atoms with E-state index in [0.29, 0.717) is 36.6 Å². The van der Waals surface area contributed by atoms with Crippen LogP contribution in [0.3, 0.4) is 0 Å². The Labute approximate surface area is 207 Å². The highest BCUT2D eigenvalue weighted by atomic mass is 28.3. The van der Waals surface area contributed by atoms with Gasteiger partial charge in [0.15, 0.2) is 0 Å². The molecular formula is C28H45N3O2Si. The van der Waals surface area contributed by atoms with Crippen molar-refractivity contribution >= 4 is 8.07 Å². The van der Waals surface area contributed by atoms with Gasteiger partial charge in [0.05, 0.1) is 12.7 Å². The van der Waals surface area contributed by atoms with Crippen LogP contribution in [0.5, 0.6) is 0 Å². The number of ether oxygens (including phenoxy) is 2. The van der Waals surface area contributed by atoms with E-state index >= 15 is 0 Å². The summed E-state index contributed by atoms with van der Waals surface area (Å²) in [4.78, 5) is 0. The summed E-state index contributed by atoms with van der Waals surface area (Å²) in [6.45, 7) is 12.7. The number of nitrogens with one attached hydrogen (secondary N) is 1. The molecule has 1 aromatic carbocycles. The SMILES string of the molecule is C[C@@H]1CN[C@@H](CO[C@H]2CC[C@@H](c3ccccc3)CC2)[C@H](c2ccnn2COCC[Si](C)(C)C)C1. The van der Waals surface area contributed by atoms with E-state index in [2.05, 4.69) is 78.1 Å². The molecule has 3 atom stereocenters. The minimum absolute atomic E-state index is 0.334. The smallest absolute Gasteiger partial charge is 0.139 e. The Morgan fingerprint density at radius 3 is 2.56 bits per heavy atom. The van der Waals surface area contributed by atoms with Crippen LogP contribution < -0.4 is 5.32 Å². The van der Waals surface area contributed by atoms with Crippen molar-refractivity contribution < 1.29 is 9.47 Å². The molecule has 0 amide bonds. The molecule has 0 spiro atoms. The summed E-state index contributed by atoms with van der Waals surface area (Å²) >= 11 is 0. The minimum atomic E-state index is -1.08. The number of hydrogen-bond acceptors (Lipinski definition) is 4. The third kappa shape index (κ3) is 7.26. The molecule has 1 aliphatic heterocycles. The highest BCUT2D eigenvalue weighted by Crippen LogP contribution is 2.35. The maximum atomic E-state index is 6.53. The van der Waals surface area contributed by atoms with Gasteiger partial charge < -0.3 is 14.8 Å². The molecule has 5 nitrogen and oxygen atoms in total. The zero-order chi connectivity index (χ0) is 24.0. The van der Waals surface area contributed by atoms with E-state index in [4.69, 9.17) is 9.47 Å². The summed E-state index contributed by atoms with van der Waals surface area (Å²) in [5.74, 6) is 1.75. The van der Waals surface area contributed by atoms with Crippen LogP contribution in [-0.2, 0) is 16.2 Å². The Hall–Kier alpha value is -1.47. The standard InChI is InChI=1S/C28H45N3O2Si/c1-22-18-26(28-14-15-30-31(28)21-32-16-17-34(2,3)4)27(29-19-22)20-33-25-12-10-24(11-13-25)23-8-6-5-7-9-23/h5-9,14-15,22,24-27,29H,10-13,16-21H2,1-4H3/t22-,24-,25+,26+,27-/m0/s1. The van der Waals surface area contributed by atoms with Gasteiger partial charge in [-0.05, 0) is 68.2 Å². The second-order valence-electron chi connectivity index (χ2n) is 11.8. The second kappa shape index (κ2) is 12.0. The average molecular weight is 484 g/mol. The van der Waals surface area contributed by atoms with Crippen LogP contribution in [-0.4, -0.2) is 49.8 Å². The van der Waals surface area contributed by atoms with Gasteiger partial charge in [-0.25, -0.2) is 4.68 Å². The molecule has 2 heterocycles. The molecule has 6 heteroatoms. The lowest BCUT2D eigenvalue weighted by molar-refractivity contribution is 0.00203. The third-order valence-corrected chi connectivity index (χ3v) is 9.37. The van der Waals surface area contributed by atoms with Crippen molar-refractivity contribution in [3.8, 4) is 0 Å². The highest BCUT2D eigenvalue weighted by molar-refractivity contribution is 6.76. The van der Waals surface area contributed by atoms with Crippen LogP contribution in [0.15, 0.2) is 42.6 Å². The zero-order valence-corrected chi connectivity index (χ0v) is 22.7. The molecule has 188 valence electrons. The molecule has 34 heavy (non-hydrogen) atoms. The lowest BCUT2D eigenvalue weighted by Gasteiger charge is -2.37. The van der Waals surface area contributed by atoms with E-state index in [1.54, 1.807) is 0 Å². The Morgan fingerprint density at radius 1 is 1.06 bits per heavy atom. The lowest BCUT2D eigenvalue weighted by Crippen LogP contribution is -2.47. The van der Waals surface area contributed by atoms with E-state index in [1.807, 2.05) is 6.20 Å². The largest absolute Gasteiger partial charge is 0.377 e. The van der Waals surface area contributed by atoms with Gasteiger partial charge in [0.1, 0.15) is 6.73 Å². The van der Waals surface area contributed by atoms with Crippen molar-refractivity contribution in [3.63, 3.8) is 0 Å². The lowest BCUT2D eigenvalue weighted by atomic mass is 9.82. The normalized spacial score (nSPS) is 28.2. The molecule has 1 saturated heterocycles. The predicted octanol–water partition coefficient (Wildman–Crippen LogP) is 6.02. The summed E-state index contributed by atoms with van der Waals surface area (Å²) in [5, 5.41) is 8.40. The van der Waals surface area contributed by atoms with Crippen LogP contribution in [0.2, 0.25) is 25.7 Å². The fourth-order valence-electron chi connectivity index (χ4n) is 5.50. The summed E-state index contributed by atoms with van der Waals surface area (Å²) in [5.41, 5.74) is 2.78. The van der Waals surface area contributed by atoms with Gasteiger partial charge >= 0.3 is 0 Å². The number of nitrogens with zero attached hydrogens (tertiary/aromatic N) is 2. The van der Waals surface area contributed by atoms with Crippen molar-refractivity contribution in [3.05, 3.63) is 53.9 Å². The first-order valence-electron chi connectivity index (χ1n) is 13.4. The van der Waals surface area contributed by atoms with E-state index in [-0.39, 0.29) is 0 Å². The maximum absolute atomic E-state index is 6.53. The quantitative estimate of drug-likeness (QED) is 0.332.